The molecular weight excluding hydrogens is 222 g/mol. The number of rotatable bonds is 5. The summed E-state index contributed by atoms with van der Waals surface area (Å²) >= 11 is 1.74. The van der Waals surface area contributed by atoms with Gasteiger partial charge in [-0.25, -0.2) is 0 Å². The maximum Gasteiger partial charge on any atom is 0.303 e. The van der Waals surface area contributed by atoms with Crippen molar-refractivity contribution >= 4 is 17.3 Å². The number of hydrogen-bond acceptors (Lipinski definition) is 3. The highest BCUT2D eigenvalue weighted by Crippen LogP contribution is 2.29. The fraction of sp³-hybridized carbons (Fsp3) is 0.583. The van der Waals surface area contributed by atoms with Gasteiger partial charge in [0.05, 0.1) is 0 Å². The largest absolute Gasteiger partial charge is 0.481 e. The standard InChI is InChI=1S/C12H19NO2S/c1-7(5-12(14)15)4-11(13)10-6-8(2)16-9(10)3/h6-7,11H,4-5,13H2,1-3H3,(H,14,15). The Morgan fingerprint density at radius 1 is 1.56 bits per heavy atom. The second kappa shape index (κ2) is 5.46. The highest BCUT2D eigenvalue weighted by atomic mass is 32.1. The second-order valence-corrected chi connectivity index (χ2v) is 5.87. The number of nitrogens with two attached hydrogens (primary N) is 1. The second-order valence-electron chi connectivity index (χ2n) is 4.41. The first-order chi connectivity index (χ1) is 7.40. The van der Waals surface area contributed by atoms with E-state index in [0.29, 0.717) is 0 Å². The molecule has 16 heavy (non-hydrogen) atoms. The fourth-order valence-electron chi connectivity index (χ4n) is 1.96. The molecular formula is C12H19NO2S. The molecule has 0 spiro atoms. The van der Waals surface area contributed by atoms with Crippen LogP contribution in [0.1, 0.15) is 41.1 Å². The molecule has 0 saturated carbocycles. The van der Waals surface area contributed by atoms with Gasteiger partial charge in [0.15, 0.2) is 0 Å². The van der Waals surface area contributed by atoms with Gasteiger partial charge >= 0.3 is 5.97 Å². The Bertz CT molecular complexity index is 373. The molecule has 3 nitrogen and oxygen atoms in total. The normalized spacial score (nSPS) is 14.8. The van der Waals surface area contributed by atoms with Gasteiger partial charge in [0, 0.05) is 22.2 Å². The molecule has 0 aliphatic carbocycles. The van der Waals surface area contributed by atoms with Crippen molar-refractivity contribution in [2.75, 3.05) is 0 Å². The molecule has 0 aliphatic heterocycles. The SMILES string of the molecule is Cc1cc(C(N)CC(C)CC(=O)O)c(C)s1. The summed E-state index contributed by atoms with van der Waals surface area (Å²) in [6.45, 7) is 6.06. The molecule has 4 heteroatoms. The van der Waals surface area contributed by atoms with Crippen LogP contribution in [0.5, 0.6) is 0 Å². The first-order valence-electron chi connectivity index (χ1n) is 5.44. The van der Waals surface area contributed by atoms with Crippen molar-refractivity contribution in [1.82, 2.24) is 0 Å². The van der Waals surface area contributed by atoms with Crippen molar-refractivity contribution in [2.24, 2.45) is 11.7 Å². The van der Waals surface area contributed by atoms with Crippen LogP contribution in [0.15, 0.2) is 6.07 Å². The smallest absolute Gasteiger partial charge is 0.303 e. The van der Waals surface area contributed by atoms with E-state index < -0.39 is 5.97 Å². The van der Waals surface area contributed by atoms with E-state index in [9.17, 15) is 4.79 Å². The molecule has 0 fully saturated rings. The van der Waals surface area contributed by atoms with Gasteiger partial charge in [-0.1, -0.05) is 6.92 Å². The maximum absolute atomic E-state index is 10.6. The third-order valence-electron chi connectivity index (χ3n) is 2.66. The monoisotopic (exact) mass is 241 g/mol. The highest BCUT2D eigenvalue weighted by Gasteiger charge is 2.16. The summed E-state index contributed by atoms with van der Waals surface area (Å²) in [5.74, 6) is -0.634. The van der Waals surface area contributed by atoms with E-state index in [0.717, 1.165) is 6.42 Å². The Morgan fingerprint density at radius 3 is 2.62 bits per heavy atom. The molecule has 0 bridgehead atoms. The van der Waals surface area contributed by atoms with Crippen LogP contribution >= 0.6 is 11.3 Å². The number of aryl methyl sites for hydroxylation is 2. The molecule has 0 saturated heterocycles. The number of carboxylic acid groups (broad SMARTS) is 1. The summed E-state index contributed by atoms with van der Waals surface area (Å²) in [4.78, 5) is 13.1. The predicted octanol–water partition coefficient (Wildman–Crippen LogP) is 2.87. The van der Waals surface area contributed by atoms with Gasteiger partial charge in [-0.2, -0.15) is 0 Å². The summed E-state index contributed by atoms with van der Waals surface area (Å²) in [5, 5.41) is 8.69. The molecule has 2 unspecified atom stereocenters. The molecule has 3 N–H and O–H groups in total. The van der Waals surface area contributed by atoms with Crippen LogP contribution < -0.4 is 5.73 Å². The van der Waals surface area contributed by atoms with Gasteiger partial charge in [-0.05, 0) is 37.8 Å². The van der Waals surface area contributed by atoms with Gasteiger partial charge in [0.25, 0.3) is 0 Å². The Labute approximate surface area is 100 Å². The Balaban J connectivity index is 2.61. The van der Waals surface area contributed by atoms with E-state index in [2.05, 4.69) is 19.9 Å². The first-order valence-corrected chi connectivity index (χ1v) is 6.26. The van der Waals surface area contributed by atoms with E-state index in [-0.39, 0.29) is 18.4 Å². The van der Waals surface area contributed by atoms with E-state index in [4.69, 9.17) is 10.8 Å². The molecule has 1 rings (SSSR count). The Hall–Kier alpha value is -0.870. The van der Waals surface area contributed by atoms with E-state index in [1.807, 2.05) is 6.92 Å². The summed E-state index contributed by atoms with van der Waals surface area (Å²) in [7, 11) is 0. The van der Waals surface area contributed by atoms with Crippen molar-refractivity contribution < 1.29 is 9.90 Å². The lowest BCUT2D eigenvalue weighted by molar-refractivity contribution is -0.138. The third-order valence-corrected chi connectivity index (χ3v) is 3.64. The van der Waals surface area contributed by atoms with E-state index >= 15 is 0 Å². The van der Waals surface area contributed by atoms with Crippen LogP contribution in [0.3, 0.4) is 0 Å². The van der Waals surface area contributed by atoms with Crippen LogP contribution in [0.4, 0.5) is 0 Å². The number of carboxylic acids is 1. The molecule has 0 aliphatic rings. The topological polar surface area (TPSA) is 63.3 Å². The van der Waals surface area contributed by atoms with Crippen molar-refractivity contribution in [1.29, 1.82) is 0 Å². The Kier molecular flexibility index (Phi) is 4.50. The quantitative estimate of drug-likeness (QED) is 0.833. The highest BCUT2D eigenvalue weighted by molar-refractivity contribution is 7.12. The van der Waals surface area contributed by atoms with Crippen molar-refractivity contribution in [3.63, 3.8) is 0 Å². The molecule has 1 aromatic heterocycles. The van der Waals surface area contributed by atoms with Crippen molar-refractivity contribution in [3.05, 3.63) is 21.4 Å². The van der Waals surface area contributed by atoms with E-state index in [1.54, 1.807) is 11.3 Å². The third kappa shape index (κ3) is 3.61. The number of aliphatic carboxylic acids is 1. The van der Waals surface area contributed by atoms with Gasteiger partial charge < -0.3 is 10.8 Å². The van der Waals surface area contributed by atoms with Crippen LogP contribution in [0.2, 0.25) is 0 Å². The molecule has 0 amide bonds. The minimum absolute atomic E-state index is 0.0423. The van der Waals surface area contributed by atoms with Gasteiger partial charge in [0.2, 0.25) is 0 Å². The lowest BCUT2D eigenvalue weighted by Crippen LogP contribution is -2.16. The maximum atomic E-state index is 10.6. The van der Waals surface area contributed by atoms with Crippen LogP contribution in [0, 0.1) is 19.8 Å². The average Bonchev–Trinajstić information content (AvgIpc) is 2.43. The van der Waals surface area contributed by atoms with Gasteiger partial charge in [-0.15, -0.1) is 11.3 Å². The van der Waals surface area contributed by atoms with Crippen molar-refractivity contribution in [3.8, 4) is 0 Å². The zero-order valence-corrected chi connectivity index (χ0v) is 10.8. The summed E-state index contributed by atoms with van der Waals surface area (Å²) in [6, 6.07) is 2.07. The summed E-state index contributed by atoms with van der Waals surface area (Å²) in [6.07, 6.45) is 0.916. The van der Waals surface area contributed by atoms with E-state index in [1.165, 1.54) is 15.3 Å². The lowest BCUT2D eigenvalue weighted by Gasteiger charge is -2.15. The zero-order chi connectivity index (χ0) is 12.3. The van der Waals surface area contributed by atoms with Crippen LogP contribution in [-0.4, -0.2) is 11.1 Å². The van der Waals surface area contributed by atoms with Crippen LogP contribution in [0.25, 0.3) is 0 Å². The molecule has 90 valence electrons. The summed E-state index contributed by atoms with van der Waals surface area (Å²) in [5.41, 5.74) is 7.27. The lowest BCUT2D eigenvalue weighted by atomic mass is 9.94. The predicted molar refractivity (Wildman–Crippen MR) is 66.8 cm³/mol. The number of carbonyl (C=O) groups is 1. The Morgan fingerprint density at radius 2 is 2.19 bits per heavy atom. The van der Waals surface area contributed by atoms with Crippen LogP contribution in [-0.2, 0) is 4.79 Å². The zero-order valence-electron chi connectivity index (χ0n) is 9.99. The molecule has 1 aromatic rings. The number of thiophene rings is 1. The summed E-state index contributed by atoms with van der Waals surface area (Å²) < 4.78 is 0. The number of hydrogen-bond donors (Lipinski definition) is 2. The molecule has 1 heterocycles. The fourth-order valence-corrected chi connectivity index (χ4v) is 2.96. The van der Waals surface area contributed by atoms with Crippen molar-refractivity contribution in [2.45, 2.75) is 39.7 Å². The minimum atomic E-state index is -0.752. The first kappa shape index (κ1) is 13.2. The minimum Gasteiger partial charge on any atom is -0.481 e. The average molecular weight is 241 g/mol. The molecule has 0 aromatic carbocycles. The molecule has 0 radical (unpaired) electrons. The van der Waals surface area contributed by atoms with Gasteiger partial charge in [0.1, 0.15) is 0 Å². The molecule has 2 atom stereocenters. The van der Waals surface area contributed by atoms with Gasteiger partial charge in [-0.3, -0.25) is 4.79 Å².